The maximum atomic E-state index is 12.0. The van der Waals surface area contributed by atoms with Crippen LogP contribution in [0.2, 0.25) is 5.02 Å². The van der Waals surface area contributed by atoms with Crippen molar-refractivity contribution in [1.82, 2.24) is 5.32 Å². The maximum Gasteiger partial charge on any atom is 0.334 e. The molecule has 1 aromatic rings. The molecule has 0 aromatic heterocycles. The van der Waals surface area contributed by atoms with E-state index in [1.807, 2.05) is 13.8 Å². The van der Waals surface area contributed by atoms with Crippen LogP contribution in [-0.4, -0.2) is 17.0 Å². The van der Waals surface area contributed by atoms with Crippen LogP contribution in [0, 0.1) is 5.92 Å². The number of nitrogens with one attached hydrogen (secondary N) is 1. The van der Waals surface area contributed by atoms with E-state index in [4.69, 9.17) is 11.6 Å². The lowest BCUT2D eigenvalue weighted by Crippen LogP contribution is -2.51. The molecule has 1 rings (SSSR count). The van der Waals surface area contributed by atoms with Crippen molar-refractivity contribution in [3.63, 3.8) is 0 Å². The molecule has 0 saturated heterocycles. The predicted octanol–water partition coefficient (Wildman–Crippen LogP) is 3.19. The number of carbonyl (C=O) groups is 2. The molecule has 0 radical (unpaired) electrons. The Morgan fingerprint density at radius 3 is 2.25 bits per heavy atom. The predicted molar refractivity (Wildman–Crippen MR) is 78.7 cm³/mol. The summed E-state index contributed by atoms with van der Waals surface area (Å²) >= 11 is 5.82. The van der Waals surface area contributed by atoms with E-state index >= 15 is 0 Å². The molecule has 0 heterocycles. The van der Waals surface area contributed by atoms with Crippen LogP contribution in [0.25, 0.3) is 0 Å². The van der Waals surface area contributed by atoms with Gasteiger partial charge in [-0.05, 0) is 30.0 Å². The average molecular weight is 298 g/mol. The summed E-state index contributed by atoms with van der Waals surface area (Å²) in [6.07, 6.45) is 0.552. The van der Waals surface area contributed by atoms with Gasteiger partial charge in [-0.1, -0.05) is 44.5 Å². The third-order valence-corrected chi connectivity index (χ3v) is 3.43. The number of carbonyl (C=O) groups excluding carboxylic acids is 1. The van der Waals surface area contributed by atoms with E-state index in [2.05, 4.69) is 5.32 Å². The minimum absolute atomic E-state index is 0.170. The molecule has 1 aromatic carbocycles. The van der Waals surface area contributed by atoms with Gasteiger partial charge < -0.3 is 10.4 Å². The lowest BCUT2D eigenvalue weighted by Gasteiger charge is -2.30. The van der Waals surface area contributed by atoms with E-state index in [0.717, 1.165) is 0 Å². The van der Waals surface area contributed by atoms with Crippen LogP contribution in [0.3, 0.4) is 0 Å². The van der Waals surface area contributed by atoms with Crippen molar-refractivity contribution in [3.8, 4) is 0 Å². The third-order valence-electron chi connectivity index (χ3n) is 3.18. The average Bonchev–Trinajstić information content (AvgIpc) is 2.35. The maximum absolute atomic E-state index is 12.0. The Kier molecular flexibility index (Phi) is 5.57. The summed E-state index contributed by atoms with van der Waals surface area (Å²) < 4.78 is 0. The highest BCUT2D eigenvalue weighted by Crippen LogP contribution is 2.27. The van der Waals surface area contributed by atoms with E-state index in [1.165, 1.54) is 0 Å². The molecule has 4 nitrogen and oxygen atoms in total. The molecule has 0 spiro atoms. The molecule has 0 aliphatic heterocycles. The van der Waals surface area contributed by atoms with Gasteiger partial charge in [0.15, 0.2) is 5.54 Å². The molecular formula is C15H20ClNO3. The second-order valence-corrected chi connectivity index (χ2v) is 5.65. The minimum Gasteiger partial charge on any atom is -0.479 e. The minimum atomic E-state index is -1.41. The lowest BCUT2D eigenvalue weighted by atomic mass is 9.86. The molecule has 0 bridgehead atoms. The van der Waals surface area contributed by atoms with Crippen molar-refractivity contribution in [2.45, 2.75) is 39.2 Å². The molecule has 2 N–H and O–H groups in total. The van der Waals surface area contributed by atoms with Gasteiger partial charge in [0.25, 0.3) is 0 Å². The number of benzene rings is 1. The van der Waals surface area contributed by atoms with E-state index in [-0.39, 0.29) is 18.2 Å². The summed E-state index contributed by atoms with van der Waals surface area (Å²) in [4.78, 5) is 23.7. The Morgan fingerprint density at radius 2 is 1.85 bits per heavy atom. The monoisotopic (exact) mass is 297 g/mol. The van der Waals surface area contributed by atoms with Gasteiger partial charge in [-0.3, -0.25) is 4.79 Å². The number of hydrogen-bond acceptors (Lipinski definition) is 2. The Labute approximate surface area is 124 Å². The van der Waals surface area contributed by atoms with Crippen LogP contribution in [0.1, 0.15) is 39.2 Å². The fraction of sp³-hybridized carbons (Fsp3) is 0.467. The number of carboxylic acids is 1. The highest BCUT2D eigenvalue weighted by Gasteiger charge is 2.40. The quantitative estimate of drug-likeness (QED) is 0.847. The summed E-state index contributed by atoms with van der Waals surface area (Å²) in [5.74, 6) is -1.16. The second kappa shape index (κ2) is 6.75. The Hall–Kier alpha value is -1.55. The number of halogens is 1. The van der Waals surface area contributed by atoms with Gasteiger partial charge in [-0.25, -0.2) is 4.79 Å². The Balaban J connectivity index is 3.12. The van der Waals surface area contributed by atoms with E-state index < -0.39 is 11.5 Å². The molecule has 0 saturated carbocycles. The van der Waals surface area contributed by atoms with Gasteiger partial charge in [0.05, 0.1) is 0 Å². The van der Waals surface area contributed by atoms with Crippen molar-refractivity contribution in [1.29, 1.82) is 0 Å². The first-order valence-electron chi connectivity index (χ1n) is 6.62. The molecule has 110 valence electrons. The van der Waals surface area contributed by atoms with Crippen molar-refractivity contribution in [2.75, 3.05) is 0 Å². The number of rotatable bonds is 6. The van der Waals surface area contributed by atoms with Crippen LogP contribution in [0.4, 0.5) is 0 Å². The van der Waals surface area contributed by atoms with Crippen LogP contribution < -0.4 is 5.32 Å². The molecule has 1 amide bonds. The van der Waals surface area contributed by atoms with Gasteiger partial charge in [0.1, 0.15) is 0 Å². The van der Waals surface area contributed by atoms with Crippen molar-refractivity contribution in [3.05, 3.63) is 34.9 Å². The largest absolute Gasteiger partial charge is 0.479 e. The first kappa shape index (κ1) is 16.5. The fourth-order valence-electron chi connectivity index (χ4n) is 2.09. The smallest absolute Gasteiger partial charge is 0.334 e. The van der Waals surface area contributed by atoms with Crippen LogP contribution >= 0.6 is 11.6 Å². The van der Waals surface area contributed by atoms with E-state index in [1.54, 1.807) is 31.2 Å². The SMILES string of the molecule is CCC(NC(=O)CC(C)C)(C(=O)O)c1ccc(Cl)cc1. The van der Waals surface area contributed by atoms with Crippen molar-refractivity contribution >= 4 is 23.5 Å². The lowest BCUT2D eigenvalue weighted by molar-refractivity contribution is -0.148. The molecule has 1 atom stereocenters. The number of aliphatic carboxylic acids is 1. The molecule has 0 fully saturated rings. The Bertz CT molecular complexity index is 484. The van der Waals surface area contributed by atoms with Crippen LogP contribution in [0.15, 0.2) is 24.3 Å². The summed E-state index contributed by atoms with van der Waals surface area (Å²) in [5, 5.41) is 12.8. The zero-order valence-electron chi connectivity index (χ0n) is 11.9. The highest BCUT2D eigenvalue weighted by molar-refractivity contribution is 6.30. The number of hydrogen-bond donors (Lipinski definition) is 2. The van der Waals surface area contributed by atoms with Crippen molar-refractivity contribution in [2.24, 2.45) is 5.92 Å². The molecule has 1 unspecified atom stereocenters. The zero-order valence-corrected chi connectivity index (χ0v) is 12.7. The summed E-state index contributed by atoms with van der Waals surface area (Å²) in [6, 6.07) is 6.52. The van der Waals surface area contributed by atoms with Gasteiger partial charge in [-0.2, -0.15) is 0 Å². The topological polar surface area (TPSA) is 66.4 Å². The molecule has 0 aliphatic carbocycles. The van der Waals surface area contributed by atoms with Gasteiger partial charge in [-0.15, -0.1) is 0 Å². The normalized spacial score (nSPS) is 13.8. The second-order valence-electron chi connectivity index (χ2n) is 5.22. The van der Waals surface area contributed by atoms with Crippen molar-refractivity contribution < 1.29 is 14.7 Å². The fourth-order valence-corrected chi connectivity index (χ4v) is 2.21. The highest BCUT2D eigenvalue weighted by atomic mass is 35.5. The first-order valence-corrected chi connectivity index (χ1v) is 7.00. The van der Waals surface area contributed by atoms with Crippen LogP contribution in [-0.2, 0) is 15.1 Å². The number of carboxylic acid groups (broad SMARTS) is 1. The number of amides is 1. The molecule has 0 aliphatic rings. The first-order chi connectivity index (χ1) is 9.31. The molecule has 5 heteroatoms. The molecule has 20 heavy (non-hydrogen) atoms. The van der Waals surface area contributed by atoms with Gasteiger partial charge >= 0.3 is 5.97 Å². The molecular weight excluding hydrogens is 278 g/mol. The van der Waals surface area contributed by atoms with E-state index in [0.29, 0.717) is 17.0 Å². The summed E-state index contributed by atoms with van der Waals surface area (Å²) in [7, 11) is 0. The summed E-state index contributed by atoms with van der Waals surface area (Å²) in [5.41, 5.74) is -0.884. The third kappa shape index (κ3) is 3.73. The Morgan fingerprint density at radius 1 is 1.30 bits per heavy atom. The zero-order chi connectivity index (χ0) is 15.3. The van der Waals surface area contributed by atoms with Gasteiger partial charge in [0.2, 0.25) is 5.91 Å². The van der Waals surface area contributed by atoms with Crippen LogP contribution in [0.5, 0.6) is 0 Å². The van der Waals surface area contributed by atoms with Gasteiger partial charge in [0, 0.05) is 11.4 Å². The van der Waals surface area contributed by atoms with E-state index in [9.17, 15) is 14.7 Å². The standard InChI is InChI=1S/C15H20ClNO3/c1-4-15(14(19)20,17-13(18)9-10(2)3)11-5-7-12(16)8-6-11/h5-8,10H,4,9H2,1-3H3,(H,17,18)(H,19,20). The summed E-state index contributed by atoms with van der Waals surface area (Å²) in [6.45, 7) is 5.56.